The van der Waals surface area contributed by atoms with Gasteiger partial charge in [-0.2, -0.15) is 0 Å². The van der Waals surface area contributed by atoms with Crippen LogP contribution in [0.2, 0.25) is 0 Å². The van der Waals surface area contributed by atoms with E-state index in [1.807, 2.05) is 24.3 Å². The molecule has 0 heterocycles. The lowest BCUT2D eigenvalue weighted by molar-refractivity contribution is -0.115. The number of benzene rings is 1. The highest BCUT2D eigenvalue weighted by Crippen LogP contribution is 2.14. The molecule has 0 aliphatic carbocycles. The van der Waals surface area contributed by atoms with E-state index in [1.165, 1.54) is 6.92 Å². The van der Waals surface area contributed by atoms with Gasteiger partial charge in [0.1, 0.15) is 5.78 Å². The van der Waals surface area contributed by atoms with Crippen molar-refractivity contribution in [3.8, 4) is 0 Å². The second-order valence-corrected chi connectivity index (χ2v) is 4.34. The normalized spacial score (nSPS) is 9.57. The number of hydrogen-bond donors (Lipinski definition) is 1. The number of hydrogen-bond acceptors (Lipinski definition) is 2. The average Bonchev–Trinajstić information content (AvgIpc) is 2.07. The Balaban J connectivity index is 2.56. The minimum absolute atomic E-state index is 0.0691. The van der Waals surface area contributed by atoms with Gasteiger partial charge >= 0.3 is 0 Å². The van der Waals surface area contributed by atoms with Gasteiger partial charge in [0.15, 0.2) is 0 Å². The van der Waals surface area contributed by atoms with Crippen LogP contribution >= 0.6 is 28.1 Å². The van der Waals surface area contributed by atoms with Crippen molar-refractivity contribution in [2.24, 2.45) is 0 Å². The van der Waals surface area contributed by atoms with Crippen molar-refractivity contribution >= 4 is 44.6 Å². The Hall–Kier alpha value is -0.740. The Morgan fingerprint density at radius 2 is 2.00 bits per heavy atom. The number of anilines is 1. The lowest BCUT2D eigenvalue weighted by Gasteiger charge is -2.05. The lowest BCUT2D eigenvalue weighted by atomic mass is 10.3. The molecule has 0 amide bonds. The first-order valence-electron chi connectivity index (χ1n) is 4.13. The molecule has 0 unspecified atom stereocenters. The number of carbonyl (C=O) groups is 1. The zero-order valence-electron chi connectivity index (χ0n) is 7.71. The fourth-order valence-electron chi connectivity index (χ4n) is 0.965. The molecule has 1 N–H and O–H groups in total. The summed E-state index contributed by atoms with van der Waals surface area (Å²) in [6.07, 6.45) is 0.297. The first-order valence-corrected chi connectivity index (χ1v) is 5.33. The first-order chi connectivity index (χ1) is 6.58. The minimum Gasteiger partial charge on any atom is -0.350 e. The van der Waals surface area contributed by atoms with E-state index in [9.17, 15) is 4.79 Å². The van der Waals surface area contributed by atoms with Gasteiger partial charge in [-0.3, -0.25) is 4.79 Å². The van der Waals surface area contributed by atoms with Crippen LogP contribution in [0.4, 0.5) is 5.69 Å². The molecular weight excluding hydrogens is 262 g/mol. The zero-order valence-corrected chi connectivity index (χ0v) is 10.1. The van der Waals surface area contributed by atoms with Crippen molar-refractivity contribution in [3.05, 3.63) is 28.7 Å². The van der Waals surface area contributed by atoms with Crippen LogP contribution in [0.5, 0.6) is 0 Å². The maximum absolute atomic E-state index is 10.8. The van der Waals surface area contributed by atoms with Gasteiger partial charge in [0.25, 0.3) is 0 Å². The molecule has 0 saturated carbocycles. The quantitative estimate of drug-likeness (QED) is 0.857. The smallest absolute Gasteiger partial charge is 0.136 e. The summed E-state index contributed by atoms with van der Waals surface area (Å²) in [5, 5.41) is 2.99. The molecule has 0 aromatic heterocycles. The van der Waals surface area contributed by atoms with Gasteiger partial charge in [-0.05, 0) is 31.2 Å². The molecule has 0 spiro atoms. The van der Waals surface area contributed by atoms with Crippen LogP contribution in [0.25, 0.3) is 0 Å². The van der Waals surface area contributed by atoms with Crippen LogP contribution in [0.1, 0.15) is 13.3 Å². The summed E-state index contributed by atoms with van der Waals surface area (Å²) in [4.78, 5) is 11.3. The average molecular weight is 272 g/mol. The second kappa shape index (κ2) is 5.22. The second-order valence-electron chi connectivity index (χ2n) is 2.93. The van der Waals surface area contributed by atoms with Crippen molar-refractivity contribution in [2.75, 3.05) is 5.32 Å². The number of carbonyl (C=O) groups excluding carboxylic acids is 1. The molecule has 1 aromatic carbocycles. The summed E-state index contributed by atoms with van der Waals surface area (Å²) in [7, 11) is 0. The third kappa shape index (κ3) is 3.98. The fourth-order valence-corrected chi connectivity index (χ4v) is 1.55. The topological polar surface area (TPSA) is 29.1 Å². The SMILES string of the molecule is CC(=O)CC(=S)Nc1ccc(Br)cc1. The fraction of sp³-hybridized carbons (Fsp3) is 0.200. The number of rotatable bonds is 3. The number of Topliss-reactive ketones (excluding diaryl/α,β-unsaturated/α-hetero) is 1. The molecule has 14 heavy (non-hydrogen) atoms. The standard InChI is InChI=1S/C10H10BrNOS/c1-7(13)6-10(14)12-9-4-2-8(11)3-5-9/h2-5H,6H2,1H3,(H,12,14). The van der Waals surface area contributed by atoms with Crippen molar-refractivity contribution < 1.29 is 4.79 Å². The van der Waals surface area contributed by atoms with Crippen molar-refractivity contribution in [1.82, 2.24) is 0 Å². The number of nitrogens with one attached hydrogen (secondary N) is 1. The first kappa shape index (κ1) is 11.3. The number of thiocarbonyl (C=S) groups is 1. The lowest BCUT2D eigenvalue weighted by Crippen LogP contribution is -2.12. The van der Waals surface area contributed by atoms with Gasteiger partial charge in [0.2, 0.25) is 0 Å². The summed E-state index contributed by atoms with van der Waals surface area (Å²) in [6.45, 7) is 1.52. The third-order valence-electron chi connectivity index (χ3n) is 1.54. The highest BCUT2D eigenvalue weighted by atomic mass is 79.9. The minimum atomic E-state index is 0.0691. The van der Waals surface area contributed by atoms with Gasteiger partial charge in [-0.25, -0.2) is 0 Å². The van der Waals surface area contributed by atoms with E-state index >= 15 is 0 Å². The molecule has 0 fully saturated rings. The van der Waals surface area contributed by atoms with Gasteiger partial charge in [0.05, 0.1) is 11.4 Å². The molecule has 0 radical (unpaired) electrons. The summed E-state index contributed by atoms with van der Waals surface area (Å²) < 4.78 is 1.01. The van der Waals surface area contributed by atoms with E-state index in [4.69, 9.17) is 12.2 Å². The van der Waals surface area contributed by atoms with Gasteiger partial charge in [-0.1, -0.05) is 28.1 Å². The van der Waals surface area contributed by atoms with Crippen molar-refractivity contribution in [3.63, 3.8) is 0 Å². The summed E-state index contributed by atoms with van der Waals surface area (Å²) >= 11 is 8.34. The van der Waals surface area contributed by atoms with Crippen molar-refractivity contribution in [1.29, 1.82) is 0 Å². The van der Waals surface area contributed by atoms with E-state index in [0.29, 0.717) is 11.4 Å². The molecule has 4 heteroatoms. The maximum Gasteiger partial charge on any atom is 0.136 e. The van der Waals surface area contributed by atoms with Crippen LogP contribution in [0.15, 0.2) is 28.7 Å². The van der Waals surface area contributed by atoms with Gasteiger partial charge in [-0.15, -0.1) is 0 Å². The van der Waals surface area contributed by atoms with E-state index in [1.54, 1.807) is 0 Å². The molecule has 74 valence electrons. The molecule has 0 atom stereocenters. The van der Waals surface area contributed by atoms with Gasteiger partial charge < -0.3 is 5.32 Å². The third-order valence-corrected chi connectivity index (χ3v) is 2.31. The largest absolute Gasteiger partial charge is 0.350 e. The molecule has 0 saturated heterocycles. The summed E-state index contributed by atoms with van der Waals surface area (Å²) in [5.41, 5.74) is 0.902. The van der Waals surface area contributed by atoms with Crippen LogP contribution in [-0.4, -0.2) is 10.8 Å². The van der Waals surface area contributed by atoms with E-state index in [0.717, 1.165) is 10.2 Å². The predicted molar refractivity (Wildman–Crippen MR) is 65.7 cm³/mol. The predicted octanol–water partition coefficient (Wildman–Crippen LogP) is 3.17. The molecule has 0 aliphatic heterocycles. The molecular formula is C10H10BrNOS. The Morgan fingerprint density at radius 3 is 2.50 bits per heavy atom. The molecule has 2 nitrogen and oxygen atoms in total. The number of halogens is 1. The van der Waals surface area contributed by atoms with Crippen LogP contribution in [0.3, 0.4) is 0 Å². The van der Waals surface area contributed by atoms with Crippen LogP contribution in [0, 0.1) is 0 Å². The molecule has 1 aromatic rings. The zero-order chi connectivity index (χ0) is 10.6. The van der Waals surface area contributed by atoms with Crippen LogP contribution in [-0.2, 0) is 4.79 Å². The maximum atomic E-state index is 10.8. The van der Waals surface area contributed by atoms with Gasteiger partial charge in [0, 0.05) is 10.2 Å². The van der Waals surface area contributed by atoms with Crippen molar-refractivity contribution in [2.45, 2.75) is 13.3 Å². The Kier molecular flexibility index (Phi) is 4.22. The number of ketones is 1. The summed E-state index contributed by atoms with van der Waals surface area (Å²) in [6, 6.07) is 7.63. The monoisotopic (exact) mass is 271 g/mol. The molecule has 1 rings (SSSR count). The van der Waals surface area contributed by atoms with E-state index < -0.39 is 0 Å². The highest BCUT2D eigenvalue weighted by molar-refractivity contribution is 9.10. The molecule has 0 aliphatic rings. The van der Waals surface area contributed by atoms with E-state index in [-0.39, 0.29) is 5.78 Å². The summed E-state index contributed by atoms with van der Waals surface area (Å²) in [5.74, 6) is 0.0691. The van der Waals surface area contributed by atoms with E-state index in [2.05, 4.69) is 21.2 Å². The molecule has 0 bridgehead atoms. The van der Waals surface area contributed by atoms with Crippen LogP contribution < -0.4 is 5.32 Å². The highest BCUT2D eigenvalue weighted by Gasteiger charge is 2.00. The Bertz CT molecular complexity index is 348. The Labute approximate surface area is 96.8 Å². The Morgan fingerprint density at radius 1 is 1.43 bits per heavy atom.